The maximum atomic E-state index is 6.04. The highest BCUT2D eigenvalue weighted by Crippen LogP contribution is 2.33. The number of aryl methyl sites for hydroxylation is 1. The Labute approximate surface area is 154 Å². The van der Waals surface area contributed by atoms with Gasteiger partial charge >= 0.3 is 0 Å². The van der Waals surface area contributed by atoms with E-state index in [9.17, 15) is 0 Å². The summed E-state index contributed by atoms with van der Waals surface area (Å²) in [7, 11) is 1.69. The summed E-state index contributed by atoms with van der Waals surface area (Å²) in [5.41, 5.74) is 4.80. The molecule has 1 saturated heterocycles. The number of ether oxygens (including phenoxy) is 2. The van der Waals surface area contributed by atoms with Crippen LogP contribution in [0.1, 0.15) is 24.3 Å². The van der Waals surface area contributed by atoms with Crippen molar-refractivity contribution in [3.8, 4) is 11.4 Å². The second-order valence-electron chi connectivity index (χ2n) is 6.49. The SMILES string of the molecule is CCc1ccc(N2CCOC2c2ccn(-c3cccc(OC)c3)c2)cc1. The first kappa shape index (κ1) is 16.7. The van der Waals surface area contributed by atoms with E-state index in [4.69, 9.17) is 9.47 Å². The highest BCUT2D eigenvalue weighted by atomic mass is 16.5. The van der Waals surface area contributed by atoms with Crippen LogP contribution in [-0.4, -0.2) is 24.8 Å². The van der Waals surface area contributed by atoms with Crippen molar-refractivity contribution in [3.63, 3.8) is 0 Å². The quantitative estimate of drug-likeness (QED) is 0.675. The molecule has 4 rings (SSSR count). The summed E-state index contributed by atoms with van der Waals surface area (Å²) in [6.07, 6.45) is 5.22. The van der Waals surface area contributed by atoms with Crippen LogP contribution in [0.5, 0.6) is 5.75 Å². The molecule has 4 nitrogen and oxygen atoms in total. The van der Waals surface area contributed by atoms with Gasteiger partial charge in [-0.1, -0.05) is 25.1 Å². The van der Waals surface area contributed by atoms with Gasteiger partial charge in [0.15, 0.2) is 6.23 Å². The van der Waals surface area contributed by atoms with E-state index in [0.717, 1.165) is 36.6 Å². The molecule has 0 bridgehead atoms. The maximum Gasteiger partial charge on any atom is 0.158 e. The molecule has 1 aliphatic rings. The molecule has 0 aliphatic carbocycles. The summed E-state index contributed by atoms with van der Waals surface area (Å²) in [5, 5.41) is 0. The molecule has 0 saturated carbocycles. The molecule has 0 radical (unpaired) electrons. The van der Waals surface area contributed by atoms with Crippen molar-refractivity contribution in [1.82, 2.24) is 4.57 Å². The molecule has 1 aromatic heterocycles. The number of hydrogen-bond acceptors (Lipinski definition) is 3. The largest absolute Gasteiger partial charge is 0.497 e. The average Bonchev–Trinajstić information content (AvgIpc) is 3.37. The first-order chi connectivity index (χ1) is 12.8. The Bertz CT molecular complexity index is 870. The molecule has 2 heterocycles. The van der Waals surface area contributed by atoms with Gasteiger partial charge < -0.3 is 18.9 Å². The van der Waals surface area contributed by atoms with Gasteiger partial charge in [-0.3, -0.25) is 0 Å². The second-order valence-corrected chi connectivity index (χ2v) is 6.49. The van der Waals surface area contributed by atoms with Crippen LogP contribution in [0.15, 0.2) is 67.0 Å². The molecule has 1 atom stereocenters. The Morgan fingerprint density at radius 2 is 1.92 bits per heavy atom. The third-order valence-electron chi connectivity index (χ3n) is 4.92. The number of methoxy groups -OCH3 is 1. The molecule has 2 aromatic carbocycles. The number of rotatable bonds is 5. The van der Waals surface area contributed by atoms with Gasteiger partial charge in [-0.05, 0) is 42.3 Å². The average molecular weight is 348 g/mol. The van der Waals surface area contributed by atoms with E-state index >= 15 is 0 Å². The van der Waals surface area contributed by atoms with Crippen molar-refractivity contribution < 1.29 is 9.47 Å². The van der Waals surface area contributed by atoms with Crippen LogP contribution >= 0.6 is 0 Å². The smallest absolute Gasteiger partial charge is 0.158 e. The van der Waals surface area contributed by atoms with Crippen LogP contribution in [0.25, 0.3) is 5.69 Å². The molecule has 3 aromatic rings. The zero-order valence-corrected chi connectivity index (χ0v) is 15.3. The lowest BCUT2D eigenvalue weighted by Crippen LogP contribution is -2.22. The van der Waals surface area contributed by atoms with Crippen molar-refractivity contribution in [2.45, 2.75) is 19.6 Å². The summed E-state index contributed by atoms with van der Waals surface area (Å²) in [5.74, 6) is 0.854. The Balaban J connectivity index is 1.59. The Morgan fingerprint density at radius 3 is 2.69 bits per heavy atom. The van der Waals surface area contributed by atoms with Gasteiger partial charge in [-0.2, -0.15) is 0 Å². The second kappa shape index (κ2) is 7.26. The van der Waals surface area contributed by atoms with E-state index in [1.807, 2.05) is 18.2 Å². The standard InChI is InChI=1S/C22H24N2O2/c1-3-17-7-9-19(10-8-17)24-13-14-26-22(24)18-11-12-23(16-18)20-5-4-6-21(15-20)25-2/h4-12,15-16,22H,3,13-14H2,1-2H3. The van der Waals surface area contributed by atoms with Gasteiger partial charge in [0.2, 0.25) is 0 Å². The molecule has 0 amide bonds. The monoisotopic (exact) mass is 348 g/mol. The van der Waals surface area contributed by atoms with Crippen molar-refractivity contribution in [2.75, 3.05) is 25.2 Å². The fourth-order valence-electron chi connectivity index (χ4n) is 3.42. The van der Waals surface area contributed by atoms with Gasteiger partial charge in [0, 0.05) is 41.9 Å². The molecule has 1 unspecified atom stereocenters. The molecule has 0 spiro atoms. The number of hydrogen-bond donors (Lipinski definition) is 0. The lowest BCUT2D eigenvalue weighted by atomic mass is 10.1. The normalized spacial score (nSPS) is 16.8. The van der Waals surface area contributed by atoms with Crippen molar-refractivity contribution in [3.05, 3.63) is 78.1 Å². The summed E-state index contributed by atoms with van der Waals surface area (Å²) < 4.78 is 13.5. The molecule has 26 heavy (non-hydrogen) atoms. The summed E-state index contributed by atoms with van der Waals surface area (Å²) in [6, 6.07) is 19.0. The summed E-state index contributed by atoms with van der Waals surface area (Å²) in [6.45, 7) is 3.82. The highest BCUT2D eigenvalue weighted by molar-refractivity contribution is 5.50. The summed E-state index contributed by atoms with van der Waals surface area (Å²) >= 11 is 0. The van der Waals surface area contributed by atoms with Gasteiger partial charge in [-0.25, -0.2) is 0 Å². The molecule has 4 heteroatoms. The van der Waals surface area contributed by atoms with Gasteiger partial charge in [-0.15, -0.1) is 0 Å². The number of anilines is 1. The Kier molecular flexibility index (Phi) is 4.67. The number of benzene rings is 2. The van der Waals surface area contributed by atoms with E-state index in [-0.39, 0.29) is 6.23 Å². The van der Waals surface area contributed by atoms with Crippen LogP contribution in [-0.2, 0) is 11.2 Å². The van der Waals surface area contributed by atoms with Crippen LogP contribution in [0.3, 0.4) is 0 Å². The zero-order chi connectivity index (χ0) is 17.9. The van der Waals surface area contributed by atoms with Gasteiger partial charge in [0.05, 0.1) is 13.7 Å². The minimum atomic E-state index is -0.0469. The molecular formula is C22H24N2O2. The molecule has 1 aliphatic heterocycles. The molecule has 1 fully saturated rings. The zero-order valence-electron chi connectivity index (χ0n) is 15.3. The number of nitrogens with zero attached hydrogens (tertiary/aromatic N) is 2. The van der Waals surface area contributed by atoms with Crippen LogP contribution in [0.4, 0.5) is 5.69 Å². The minimum Gasteiger partial charge on any atom is -0.497 e. The highest BCUT2D eigenvalue weighted by Gasteiger charge is 2.27. The van der Waals surface area contributed by atoms with Crippen molar-refractivity contribution in [1.29, 1.82) is 0 Å². The van der Waals surface area contributed by atoms with E-state index in [2.05, 4.69) is 65.2 Å². The van der Waals surface area contributed by atoms with E-state index < -0.39 is 0 Å². The van der Waals surface area contributed by atoms with E-state index in [1.165, 1.54) is 11.3 Å². The minimum absolute atomic E-state index is 0.0469. The first-order valence-corrected chi connectivity index (χ1v) is 9.08. The Hall–Kier alpha value is -2.72. The maximum absolute atomic E-state index is 6.04. The lowest BCUT2D eigenvalue weighted by Gasteiger charge is -2.24. The van der Waals surface area contributed by atoms with Crippen LogP contribution in [0, 0.1) is 0 Å². The van der Waals surface area contributed by atoms with Crippen molar-refractivity contribution in [2.24, 2.45) is 0 Å². The third-order valence-corrected chi connectivity index (χ3v) is 4.92. The van der Waals surface area contributed by atoms with Gasteiger partial charge in [0.25, 0.3) is 0 Å². The van der Waals surface area contributed by atoms with E-state index in [0.29, 0.717) is 0 Å². The lowest BCUT2D eigenvalue weighted by molar-refractivity contribution is 0.114. The predicted octanol–water partition coefficient (Wildman–Crippen LogP) is 4.58. The third kappa shape index (κ3) is 3.20. The molecule has 0 N–H and O–H groups in total. The Morgan fingerprint density at radius 1 is 1.08 bits per heavy atom. The fourth-order valence-corrected chi connectivity index (χ4v) is 3.42. The topological polar surface area (TPSA) is 26.6 Å². The molecular weight excluding hydrogens is 324 g/mol. The van der Waals surface area contributed by atoms with Gasteiger partial charge in [0.1, 0.15) is 5.75 Å². The van der Waals surface area contributed by atoms with E-state index in [1.54, 1.807) is 7.11 Å². The predicted molar refractivity (Wildman–Crippen MR) is 104 cm³/mol. The fraction of sp³-hybridized carbons (Fsp3) is 0.273. The molecule has 134 valence electrons. The first-order valence-electron chi connectivity index (χ1n) is 9.08. The van der Waals surface area contributed by atoms with Crippen molar-refractivity contribution >= 4 is 5.69 Å². The van der Waals surface area contributed by atoms with Crippen LogP contribution < -0.4 is 9.64 Å². The number of aromatic nitrogens is 1. The summed E-state index contributed by atoms with van der Waals surface area (Å²) in [4.78, 5) is 2.32. The van der Waals surface area contributed by atoms with Crippen LogP contribution in [0.2, 0.25) is 0 Å².